The lowest BCUT2D eigenvalue weighted by atomic mass is 10.1. The van der Waals surface area contributed by atoms with Gasteiger partial charge in [-0.3, -0.25) is 14.9 Å². The summed E-state index contributed by atoms with van der Waals surface area (Å²) in [5.74, 6) is -0.397. The molecular weight excluding hydrogens is 349 g/mol. The molecule has 0 saturated heterocycles. The van der Waals surface area contributed by atoms with Gasteiger partial charge in [-0.05, 0) is 42.0 Å². The summed E-state index contributed by atoms with van der Waals surface area (Å²) in [6, 6.07) is 8.74. The molecule has 0 amide bonds. The van der Waals surface area contributed by atoms with Crippen LogP contribution in [-0.4, -0.2) is 10.7 Å². The van der Waals surface area contributed by atoms with Crippen molar-refractivity contribution in [3.8, 4) is 0 Å². The first-order valence-corrected chi connectivity index (χ1v) is 7.13. The van der Waals surface area contributed by atoms with Crippen LogP contribution in [-0.2, 0) is 0 Å². The molecule has 0 aromatic heterocycles. The lowest BCUT2D eigenvalue weighted by Gasteiger charge is -2.00. The van der Waals surface area contributed by atoms with Crippen molar-refractivity contribution in [3.05, 3.63) is 78.8 Å². The van der Waals surface area contributed by atoms with E-state index < -0.39 is 10.7 Å². The molecule has 0 aliphatic heterocycles. The third-order valence-corrected chi connectivity index (χ3v) is 3.69. The summed E-state index contributed by atoms with van der Waals surface area (Å²) in [7, 11) is 0. The third-order valence-electron chi connectivity index (χ3n) is 2.80. The number of allylic oxidation sites excluding steroid dienone is 1. The summed E-state index contributed by atoms with van der Waals surface area (Å²) in [6.45, 7) is 0. The number of nitro benzene ring substituents is 1. The van der Waals surface area contributed by atoms with Crippen LogP contribution in [0.5, 0.6) is 0 Å². The van der Waals surface area contributed by atoms with Crippen molar-refractivity contribution in [1.82, 2.24) is 0 Å². The SMILES string of the molecule is O=C(C=Cc1ccc(Cl)cc1Cl)c1ccc(Cl)c([N+](=O)[O-])c1. The molecule has 0 aliphatic rings. The second kappa shape index (κ2) is 6.92. The van der Waals surface area contributed by atoms with Crippen LogP contribution in [0.2, 0.25) is 15.1 Å². The lowest BCUT2D eigenvalue weighted by Crippen LogP contribution is -1.97. The number of hydrogen-bond acceptors (Lipinski definition) is 3. The molecule has 7 heteroatoms. The zero-order chi connectivity index (χ0) is 16.3. The molecule has 0 spiro atoms. The number of rotatable bonds is 4. The Morgan fingerprint density at radius 1 is 1.05 bits per heavy atom. The van der Waals surface area contributed by atoms with Gasteiger partial charge in [0.15, 0.2) is 5.78 Å². The fourth-order valence-corrected chi connectivity index (χ4v) is 2.36. The van der Waals surface area contributed by atoms with Crippen molar-refractivity contribution in [2.24, 2.45) is 0 Å². The van der Waals surface area contributed by atoms with Crippen molar-refractivity contribution in [1.29, 1.82) is 0 Å². The van der Waals surface area contributed by atoms with Gasteiger partial charge in [-0.25, -0.2) is 0 Å². The maximum absolute atomic E-state index is 12.1. The monoisotopic (exact) mass is 355 g/mol. The summed E-state index contributed by atoms with van der Waals surface area (Å²) < 4.78 is 0. The first kappa shape index (κ1) is 16.5. The molecule has 0 heterocycles. The summed E-state index contributed by atoms with van der Waals surface area (Å²) in [5, 5.41) is 11.7. The first-order valence-electron chi connectivity index (χ1n) is 6.00. The fourth-order valence-electron chi connectivity index (χ4n) is 1.70. The molecule has 22 heavy (non-hydrogen) atoms. The van der Waals surface area contributed by atoms with E-state index in [4.69, 9.17) is 34.8 Å². The van der Waals surface area contributed by atoms with Gasteiger partial charge in [0.1, 0.15) is 5.02 Å². The summed E-state index contributed by atoms with van der Waals surface area (Å²) >= 11 is 17.5. The minimum absolute atomic E-state index is 0.0220. The van der Waals surface area contributed by atoms with E-state index in [1.165, 1.54) is 24.3 Å². The molecule has 0 saturated carbocycles. The van der Waals surface area contributed by atoms with Gasteiger partial charge in [0.2, 0.25) is 0 Å². The van der Waals surface area contributed by atoms with Crippen LogP contribution in [0.15, 0.2) is 42.5 Å². The number of benzene rings is 2. The van der Waals surface area contributed by atoms with Crippen molar-refractivity contribution in [2.75, 3.05) is 0 Å². The Morgan fingerprint density at radius 3 is 2.41 bits per heavy atom. The Balaban J connectivity index is 2.27. The molecule has 0 aliphatic carbocycles. The topological polar surface area (TPSA) is 60.2 Å². The molecule has 0 N–H and O–H groups in total. The Morgan fingerprint density at radius 2 is 1.77 bits per heavy atom. The standard InChI is InChI=1S/C15H8Cl3NO3/c16-11-4-1-9(13(18)8-11)3-6-15(20)10-2-5-12(17)14(7-10)19(21)22/h1-8H. The number of ketones is 1. The van der Waals surface area contributed by atoms with E-state index in [1.54, 1.807) is 18.2 Å². The van der Waals surface area contributed by atoms with Crippen LogP contribution in [0.25, 0.3) is 6.08 Å². The molecule has 0 fully saturated rings. The van der Waals surface area contributed by atoms with Crippen molar-refractivity contribution >= 4 is 52.3 Å². The molecular formula is C15H8Cl3NO3. The van der Waals surface area contributed by atoms with E-state index >= 15 is 0 Å². The van der Waals surface area contributed by atoms with Gasteiger partial charge in [0.05, 0.1) is 4.92 Å². The number of halogens is 3. The fraction of sp³-hybridized carbons (Fsp3) is 0. The predicted molar refractivity (Wildman–Crippen MR) is 87.9 cm³/mol. The highest BCUT2D eigenvalue weighted by molar-refractivity contribution is 6.35. The van der Waals surface area contributed by atoms with Crippen LogP contribution in [0.4, 0.5) is 5.69 Å². The Bertz CT molecular complexity index is 788. The summed E-state index contributed by atoms with van der Waals surface area (Å²) in [4.78, 5) is 22.2. The number of carbonyl (C=O) groups is 1. The molecule has 0 unspecified atom stereocenters. The minimum Gasteiger partial charge on any atom is -0.289 e. The highest BCUT2D eigenvalue weighted by Gasteiger charge is 2.15. The van der Waals surface area contributed by atoms with Gasteiger partial charge in [-0.1, -0.05) is 40.9 Å². The molecule has 0 bridgehead atoms. The maximum atomic E-state index is 12.1. The predicted octanol–water partition coefficient (Wildman–Crippen LogP) is 5.45. The second-order valence-corrected chi connectivity index (χ2v) is 5.54. The van der Waals surface area contributed by atoms with E-state index in [2.05, 4.69) is 0 Å². The quantitative estimate of drug-likeness (QED) is 0.317. The average Bonchev–Trinajstić information content (AvgIpc) is 2.46. The zero-order valence-corrected chi connectivity index (χ0v) is 13.2. The molecule has 2 aromatic carbocycles. The average molecular weight is 357 g/mol. The van der Waals surface area contributed by atoms with Crippen LogP contribution >= 0.6 is 34.8 Å². The van der Waals surface area contributed by atoms with E-state index in [0.29, 0.717) is 15.6 Å². The summed E-state index contributed by atoms with van der Waals surface area (Å²) in [5.41, 5.74) is 0.464. The number of hydrogen-bond donors (Lipinski definition) is 0. The van der Waals surface area contributed by atoms with Crippen LogP contribution in [0.1, 0.15) is 15.9 Å². The molecule has 2 rings (SSSR count). The molecule has 2 aromatic rings. The Kier molecular flexibility index (Phi) is 5.19. The number of nitrogens with zero attached hydrogens (tertiary/aromatic N) is 1. The second-order valence-electron chi connectivity index (χ2n) is 4.29. The van der Waals surface area contributed by atoms with Gasteiger partial charge in [0, 0.05) is 21.7 Å². The number of carbonyl (C=O) groups excluding carboxylic acids is 1. The molecule has 0 radical (unpaired) electrons. The van der Waals surface area contributed by atoms with E-state index in [0.717, 1.165) is 6.07 Å². The third kappa shape index (κ3) is 3.85. The largest absolute Gasteiger partial charge is 0.289 e. The van der Waals surface area contributed by atoms with E-state index in [1.807, 2.05) is 0 Å². The van der Waals surface area contributed by atoms with Gasteiger partial charge in [-0.2, -0.15) is 0 Å². The molecule has 4 nitrogen and oxygen atoms in total. The van der Waals surface area contributed by atoms with E-state index in [-0.39, 0.29) is 16.3 Å². The Hall–Kier alpha value is -1.88. The van der Waals surface area contributed by atoms with Crippen LogP contribution in [0.3, 0.4) is 0 Å². The smallest absolute Gasteiger partial charge is 0.288 e. The summed E-state index contributed by atoms with van der Waals surface area (Å²) in [6.07, 6.45) is 2.80. The van der Waals surface area contributed by atoms with Crippen molar-refractivity contribution in [2.45, 2.75) is 0 Å². The highest BCUT2D eigenvalue weighted by atomic mass is 35.5. The van der Waals surface area contributed by atoms with Gasteiger partial charge < -0.3 is 0 Å². The van der Waals surface area contributed by atoms with Crippen molar-refractivity contribution in [3.63, 3.8) is 0 Å². The highest BCUT2D eigenvalue weighted by Crippen LogP contribution is 2.26. The normalized spacial score (nSPS) is 10.9. The van der Waals surface area contributed by atoms with Gasteiger partial charge in [-0.15, -0.1) is 0 Å². The van der Waals surface area contributed by atoms with Gasteiger partial charge >= 0.3 is 0 Å². The molecule has 112 valence electrons. The van der Waals surface area contributed by atoms with Gasteiger partial charge in [0.25, 0.3) is 5.69 Å². The maximum Gasteiger partial charge on any atom is 0.288 e. The van der Waals surface area contributed by atoms with Crippen LogP contribution in [0, 0.1) is 10.1 Å². The zero-order valence-electron chi connectivity index (χ0n) is 10.9. The Labute approximate surface area is 141 Å². The first-order chi connectivity index (χ1) is 10.4. The van der Waals surface area contributed by atoms with E-state index in [9.17, 15) is 14.9 Å². The molecule has 0 atom stereocenters. The minimum atomic E-state index is -0.640. The van der Waals surface area contributed by atoms with Crippen LogP contribution < -0.4 is 0 Å². The number of nitro groups is 1. The lowest BCUT2D eigenvalue weighted by molar-refractivity contribution is -0.384. The van der Waals surface area contributed by atoms with Crippen molar-refractivity contribution < 1.29 is 9.72 Å².